The number of aromatic amines is 1. The predicted molar refractivity (Wildman–Crippen MR) is 108 cm³/mol. The van der Waals surface area contributed by atoms with Crippen molar-refractivity contribution in [3.63, 3.8) is 0 Å². The van der Waals surface area contributed by atoms with Crippen molar-refractivity contribution in [3.8, 4) is 27.7 Å². The van der Waals surface area contributed by atoms with E-state index in [4.69, 9.17) is 21.3 Å². The van der Waals surface area contributed by atoms with Gasteiger partial charge >= 0.3 is 0 Å². The second kappa shape index (κ2) is 7.36. The number of nitrogens with zero attached hydrogens (tertiary/aromatic N) is 1. The highest BCUT2D eigenvalue weighted by Crippen LogP contribution is 2.28. The molecule has 1 N–H and O–H groups in total. The zero-order valence-electron chi connectivity index (χ0n) is 14.2. The lowest BCUT2D eigenvalue weighted by Crippen LogP contribution is -1.97. The third-order valence-electron chi connectivity index (χ3n) is 4.11. The second-order valence-electron chi connectivity index (χ2n) is 6.01. The van der Waals surface area contributed by atoms with E-state index in [-0.39, 0.29) is 0 Å². The molecule has 4 rings (SSSR count). The number of imidazole rings is 1. The summed E-state index contributed by atoms with van der Waals surface area (Å²) in [6.07, 6.45) is 1.94. The van der Waals surface area contributed by atoms with Gasteiger partial charge in [-0.3, -0.25) is 0 Å². The van der Waals surface area contributed by atoms with Gasteiger partial charge in [0.1, 0.15) is 18.2 Å². The summed E-state index contributed by atoms with van der Waals surface area (Å²) < 4.78 is 5.95. The zero-order valence-corrected chi connectivity index (χ0v) is 15.8. The summed E-state index contributed by atoms with van der Waals surface area (Å²) in [5.41, 5.74) is 4.17. The Bertz CT molecular complexity index is 1010. The Morgan fingerprint density at radius 2 is 1.96 bits per heavy atom. The number of halogens is 1. The molecule has 0 radical (unpaired) electrons. The fourth-order valence-electron chi connectivity index (χ4n) is 2.72. The van der Waals surface area contributed by atoms with Crippen LogP contribution in [-0.4, -0.2) is 9.97 Å². The lowest BCUT2D eigenvalue weighted by Gasteiger charge is -2.10. The Morgan fingerprint density at radius 1 is 1.12 bits per heavy atom. The van der Waals surface area contributed by atoms with E-state index in [2.05, 4.69) is 22.5 Å². The van der Waals surface area contributed by atoms with Crippen LogP contribution in [0.3, 0.4) is 0 Å². The quantitative estimate of drug-likeness (QED) is 0.438. The molecule has 0 amide bonds. The van der Waals surface area contributed by atoms with Gasteiger partial charge in [-0.1, -0.05) is 29.8 Å². The van der Waals surface area contributed by atoms with Crippen LogP contribution in [-0.2, 0) is 6.61 Å². The minimum absolute atomic E-state index is 0.516. The molecule has 5 heteroatoms. The molecule has 0 saturated carbocycles. The van der Waals surface area contributed by atoms with E-state index < -0.39 is 0 Å². The highest BCUT2D eigenvalue weighted by molar-refractivity contribution is 7.13. The van der Waals surface area contributed by atoms with Crippen LogP contribution in [0.5, 0.6) is 5.75 Å². The molecular formula is C21H17ClN2OS. The van der Waals surface area contributed by atoms with E-state index >= 15 is 0 Å². The van der Waals surface area contributed by atoms with Crippen molar-refractivity contribution in [1.29, 1.82) is 0 Å². The molecule has 2 heterocycles. The number of rotatable bonds is 5. The first-order valence-electron chi connectivity index (χ1n) is 8.26. The van der Waals surface area contributed by atoms with Crippen LogP contribution in [0.25, 0.3) is 22.0 Å². The molecule has 0 bridgehead atoms. The first-order chi connectivity index (χ1) is 12.7. The van der Waals surface area contributed by atoms with Crippen LogP contribution in [0.4, 0.5) is 0 Å². The number of hydrogen-bond acceptors (Lipinski definition) is 3. The van der Waals surface area contributed by atoms with Gasteiger partial charge in [-0.2, -0.15) is 0 Å². The molecule has 0 aliphatic heterocycles. The third-order valence-corrected chi connectivity index (χ3v) is 5.24. The predicted octanol–water partition coefficient (Wildman–Crippen LogP) is 6.35. The molecule has 0 spiro atoms. The van der Waals surface area contributed by atoms with Crippen LogP contribution in [0, 0.1) is 6.92 Å². The summed E-state index contributed by atoms with van der Waals surface area (Å²) in [6, 6.07) is 17.9. The molecule has 0 fully saturated rings. The Balaban J connectivity index is 1.50. The Hall–Kier alpha value is -2.56. The van der Waals surface area contributed by atoms with Crippen molar-refractivity contribution >= 4 is 22.9 Å². The second-order valence-corrected chi connectivity index (χ2v) is 7.39. The molecule has 4 aromatic rings. The first kappa shape index (κ1) is 16.9. The van der Waals surface area contributed by atoms with Crippen LogP contribution < -0.4 is 4.74 Å². The maximum absolute atomic E-state index is 5.95. The van der Waals surface area contributed by atoms with Gasteiger partial charge in [0, 0.05) is 16.8 Å². The fourth-order valence-corrected chi connectivity index (χ4v) is 3.52. The molecule has 0 atom stereocenters. The maximum atomic E-state index is 5.95. The standard InChI is InChI=1S/C21H17ClN2OS/c1-14-11-16(18-12-23-21(24-18)20-3-2-10-26-20)6-9-19(14)25-13-15-4-7-17(22)8-5-15/h2-12H,13H2,1H3,(H,23,24). The van der Waals surface area contributed by atoms with Crippen molar-refractivity contribution in [2.75, 3.05) is 0 Å². The van der Waals surface area contributed by atoms with E-state index in [9.17, 15) is 0 Å². The largest absolute Gasteiger partial charge is 0.489 e. The van der Waals surface area contributed by atoms with Gasteiger partial charge in [-0.25, -0.2) is 4.98 Å². The number of nitrogens with one attached hydrogen (secondary N) is 1. The van der Waals surface area contributed by atoms with Gasteiger partial charge in [0.2, 0.25) is 0 Å². The minimum Gasteiger partial charge on any atom is -0.489 e. The highest BCUT2D eigenvalue weighted by atomic mass is 35.5. The lowest BCUT2D eigenvalue weighted by atomic mass is 10.1. The Morgan fingerprint density at radius 3 is 2.69 bits per heavy atom. The van der Waals surface area contributed by atoms with E-state index in [1.54, 1.807) is 11.3 Å². The monoisotopic (exact) mass is 380 g/mol. The summed E-state index contributed by atoms with van der Waals surface area (Å²) in [5, 5.41) is 2.78. The molecule has 3 nitrogen and oxygen atoms in total. The van der Waals surface area contributed by atoms with Gasteiger partial charge in [-0.15, -0.1) is 11.3 Å². The first-order valence-corrected chi connectivity index (χ1v) is 9.52. The number of thiophene rings is 1. The number of aromatic nitrogens is 2. The third kappa shape index (κ3) is 3.66. The van der Waals surface area contributed by atoms with E-state index in [0.717, 1.165) is 43.9 Å². The summed E-state index contributed by atoms with van der Waals surface area (Å²) in [4.78, 5) is 9.08. The molecule has 0 aliphatic carbocycles. The number of ether oxygens (including phenoxy) is 1. The van der Waals surface area contributed by atoms with E-state index in [0.29, 0.717) is 6.61 Å². The topological polar surface area (TPSA) is 37.9 Å². The van der Waals surface area contributed by atoms with Crippen molar-refractivity contribution in [3.05, 3.63) is 82.3 Å². The molecule has 0 saturated heterocycles. The molecule has 2 aromatic heterocycles. The Kier molecular flexibility index (Phi) is 4.78. The molecule has 0 unspecified atom stereocenters. The summed E-state index contributed by atoms with van der Waals surface area (Å²) in [5.74, 6) is 1.77. The number of benzene rings is 2. The van der Waals surface area contributed by atoms with Crippen LogP contribution in [0.1, 0.15) is 11.1 Å². The molecule has 2 aromatic carbocycles. The molecule has 0 aliphatic rings. The summed E-state index contributed by atoms with van der Waals surface area (Å²) in [6.45, 7) is 2.57. The van der Waals surface area contributed by atoms with Crippen LogP contribution in [0.2, 0.25) is 5.02 Å². The SMILES string of the molecule is Cc1cc(-c2c[nH]c(-c3cccs3)n2)ccc1OCc1ccc(Cl)cc1. The van der Waals surface area contributed by atoms with E-state index in [1.807, 2.05) is 55.6 Å². The molecular weight excluding hydrogens is 364 g/mol. The van der Waals surface area contributed by atoms with Crippen LogP contribution >= 0.6 is 22.9 Å². The summed E-state index contributed by atoms with van der Waals surface area (Å²) >= 11 is 7.59. The van der Waals surface area contributed by atoms with Gasteiger partial charge in [0.25, 0.3) is 0 Å². The summed E-state index contributed by atoms with van der Waals surface area (Å²) in [7, 11) is 0. The lowest BCUT2D eigenvalue weighted by molar-refractivity contribution is 0.304. The fraction of sp³-hybridized carbons (Fsp3) is 0.0952. The van der Waals surface area contributed by atoms with Crippen molar-refractivity contribution in [1.82, 2.24) is 9.97 Å². The number of H-pyrrole nitrogens is 1. The smallest absolute Gasteiger partial charge is 0.148 e. The van der Waals surface area contributed by atoms with Gasteiger partial charge in [0.15, 0.2) is 0 Å². The van der Waals surface area contributed by atoms with Gasteiger partial charge in [0.05, 0.1) is 10.6 Å². The number of hydrogen-bond donors (Lipinski definition) is 1. The van der Waals surface area contributed by atoms with Crippen molar-refractivity contribution in [2.45, 2.75) is 13.5 Å². The average Bonchev–Trinajstić information content (AvgIpc) is 3.33. The minimum atomic E-state index is 0.516. The molecule has 130 valence electrons. The van der Waals surface area contributed by atoms with Crippen molar-refractivity contribution in [2.24, 2.45) is 0 Å². The zero-order chi connectivity index (χ0) is 17.9. The maximum Gasteiger partial charge on any atom is 0.148 e. The molecule has 26 heavy (non-hydrogen) atoms. The van der Waals surface area contributed by atoms with Gasteiger partial charge in [-0.05, 0) is 59.8 Å². The van der Waals surface area contributed by atoms with Crippen molar-refractivity contribution < 1.29 is 4.74 Å². The normalized spacial score (nSPS) is 10.8. The van der Waals surface area contributed by atoms with Crippen LogP contribution in [0.15, 0.2) is 66.2 Å². The highest BCUT2D eigenvalue weighted by Gasteiger charge is 2.09. The van der Waals surface area contributed by atoms with Gasteiger partial charge < -0.3 is 9.72 Å². The Labute approximate surface area is 161 Å². The average molecular weight is 381 g/mol. The number of aryl methyl sites for hydroxylation is 1. The van der Waals surface area contributed by atoms with E-state index in [1.165, 1.54) is 0 Å².